The zero-order valence-corrected chi connectivity index (χ0v) is 12.9. The average molecular weight is 321 g/mol. The Hall–Kier alpha value is -3.03. The first-order chi connectivity index (χ1) is 11.5. The second kappa shape index (κ2) is 4.98. The number of anilines is 1. The first-order valence-electron chi connectivity index (χ1n) is 7.43. The Morgan fingerprint density at radius 1 is 1.25 bits per heavy atom. The van der Waals surface area contributed by atoms with E-state index in [1.165, 1.54) is 0 Å². The number of hydrogen-bond donors (Lipinski definition) is 3. The van der Waals surface area contributed by atoms with Crippen molar-refractivity contribution in [2.75, 3.05) is 5.01 Å². The third kappa shape index (κ3) is 2.03. The number of nitrogens with two attached hydrogens (primary N) is 1. The second-order valence-corrected chi connectivity index (χ2v) is 5.91. The van der Waals surface area contributed by atoms with Crippen LogP contribution in [0.3, 0.4) is 0 Å². The van der Waals surface area contributed by atoms with Crippen LogP contribution in [0, 0.1) is 0 Å². The highest BCUT2D eigenvalue weighted by molar-refractivity contribution is 5.98. The van der Waals surface area contributed by atoms with Gasteiger partial charge in [-0.05, 0) is 13.0 Å². The van der Waals surface area contributed by atoms with E-state index in [4.69, 9.17) is 5.73 Å². The molecule has 120 valence electrons. The number of nitrogens with one attached hydrogen (secondary N) is 1. The van der Waals surface area contributed by atoms with Gasteiger partial charge in [-0.1, -0.05) is 36.4 Å². The summed E-state index contributed by atoms with van der Waals surface area (Å²) in [6.07, 6.45) is 0.581. The lowest BCUT2D eigenvalue weighted by Crippen LogP contribution is -2.51. The molecule has 4 N–H and O–H groups in total. The topological polar surface area (TPSA) is 104 Å². The number of carbonyl (C=O) groups is 1. The molecule has 7 nitrogen and oxygen atoms in total. The maximum Gasteiger partial charge on any atom is 0.426 e. The molecule has 1 aliphatic heterocycles. The second-order valence-electron chi connectivity index (χ2n) is 5.91. The predicted octanol–water partition coefficient (Wildman–Crippen LogP) is 2.43. The van der Waals surface area contributed by atoms with Crippen molar-refractivity contribution >= 4 is 22.6 Å². The van der Waals surface area contributed by atoms with E-state index in [1.807, 2.05) is 30.3 Å². The van der Waals surface area contributed by atoms with Crippen LogP contribution in [-0.4, -0.2) is 21.4 Å². The summed E-state index contributed by atoms with van der Waals surface area (Å²) in [5.41, 5.74) is 10.7. The quantitative estimate of drug-likeness (QED) is 0.636. The Balaban J connectivity index is 2.03. The van der Waals surface area contributed by atoms with E-state index in [9.17, 15) is 9.90 Å². The molecule has 1 unspecified atom stereocenters. The van der Waals surface area contributed by atoms with Gasteiger partial charge in [-0.15, -0.1) is 5.10 Å². The van der Waals surface area contributed by atoms with Crippen molar-refractivity contribution < 1.29 is 9.90 Å². The Morgan fingerprint density at radius 3 is 2.83 bits per heavy atom. The maximum absolute atomic E-state index is 11.5. The van der Waals surface area contributed by atoms with Crippen molar-refractivity contribution in [2.24, 2.45) is 5.73 Å². The molecule has 1 aliphatic rings. The minimum atomic E-state index is -1.12. The van der Waals surface area contributed by atoms with E-state index < -0.39 is 11.8 Å². The van der Waals surface area contributed by atoms with Gasteiger partial charge in [-0.25, -0.2) is 15.2 Å². The van der Waals surface area contributed by atoms with Crippen LogP contribution < -0.4 is 16.2 Å². The molecule has 4 rings (SSSR count). The monoisotopic (exact) mass is 321 g/mol. The molecule has 0 spiro atoms. The number of nitrogens with zero attached hydrogens (tertiary/aromatic N) is 3. The summed E-state index contributed by atoms with van der Waals surface area (Å²) >= 11 is 0. The first-order valence-corrected chi connectivity index (χ1v) is 7.43. The van der Waals surface area contributed by atoms with Gasteiger partial charge in [0.15, 0.2) is 0 Å². The lowest BCUT2D eigenvalue weighted by molar-refractivity contribution is 0.195. The molecule has 3 aromatic rings. The molecule has 2 aromatic carbocycles. The van der Waals surface area contributed by atoms with Crippen molar-refractivity contribution in [2.45, 2.75) is 12.6 Å². The van der Waals surface area contributed by atoms with Gasteiger partial charge in [0.25, 0.3) is 0 Å². The van der Waals surface area contributed by atoms with Crippen molar-refractivity contribution in [3.8, 4) is 11.3 Å². The third-order valence-electron chi connectivity index (χ3n) is 4.16. The molecule has 7 heteroatoms. The van der Waals surface area contributed by atoms with Gasteiger partial charge in [0.2, 0.25) is 0 Å². The van der Waals surface area contributed by atoms with Crippen LogP contribution in [-0.2, 0) is 5.66 Å². The van der Waals surface area contributed by atoms with Gasteiger partial charge in [-0.3, -0.25) is 0 Å². The van der Waals surface area contributed by atoms with Gasteiger partial charge in [0, 0.05) is 21.9 Å². The van der Waals surface area contributed by atoms with Crippen LogP contribution >= 0.6 is 0 Å². The molecule has 1 amide bonds. The Morgan fingerprint density at radius 2 is 2.04 bits per heavy atom. The van der Waals surface area contributed by atoms with E-state index in [1.54, 1.807) is 25.3 Å². The summed E-state index contributed by atoms with van der Waals surface area (Å²) in [7, 11) is 0. The maximum atomic E-state index is 11.5. The van der Waals surface area contributed by atoms with E-state index in [0.717, 1.165) is 21.3 Å². The fourth-order valence-corrected chi connectivity index (χ4v) is 3.20. The molecule has 0 fully saturated rings. The first kappa shape index (κ1) is 14.6. The molecule has 2 heterocycles. The van der Waals surface area contributed by atoms with Gasteiger partial charge >= 0.3 is 6.09 Å². The largest absolute Gasteiger partial charge is 0.464 e. The number of hydrogen-bond acceptors (Lipinski definition) is 5. The molecule has 1 aromatic heterocycles. The van der Waals surface area contributed by atoms with E-state index in [-0.39, 0.29) is 0 Å². The molecule has 1 atom stereocenters. The van der Waals surface area contributed by atoms with Gasteiger partial charge in [-0.2, -0.15) is 5.10 Å². The molecular formula is C17H15N5O2. The number of hydrazine groups is 1. The standard InChI is InChI=1S/C17H15N5O2/c1-17(18)14-12(7-4-8-13(14)22(21-17)16(23)24)15-11-6-3-2-5-10(11)9-19-20-15/h2-9,21H,18H2,1H3,(H,23,24). The van der Waals surface area contributed by atoms with Gasteiger partial charge in [0.1, 0.15) is 11.4 Å². The summed E-state index contributed by atoms with van der Waals surface area (Å²) < 4.78 is 0. The number of benzene rings is 2. The van der Waals surface area contributed by atoms with Crippen molar-refractivity contribution in [3.05, 3.63) is 54.2 Å². The Kier molecular flexibility index (Phi) is 3.02. The summed E-state index contributed by atoms with van der Waals surface area (Å²) in [5.74, 6) is 0. The van der Waals surface area contributed by atoms with Gasteiger partial charge in [0.05, 0.1) is 11.9 Å². The zero-order chi connectivity index (χ0) is 16.9. The Bertz CT molecular complexity index is 965. The van der Waals surface area contributed by atoms with E-state index in [2.05, 4.69) is 15.6 Å². The summed E-state index contributed by atoms with van der Waals surface area (Å²) in [6, 6.07) is 13.2. The van der Waals surface area contributed by atoms with E-state index in [0.29, 0.717) is 16.9 Å². The average Bonchev–Trinajstić information content (AvgIpc) is 2.86. The van der Waals surface area contributed by atoms with Crippen LogP contribution in [0.1, 0.15) is 12.5 Å². The van der Waals surface area contributed by atoms with Crippen LogP contribution in [0.2, 0.25) is 0 Å². The van der Waals surface area contributed by atoms with Crippen molar-refractivity contribution in [1.29, 1.82) is 0 Å². The van der Waals surface area contributed by atoms with Crippen molar-refractivity contribution in [3.63, 3.8) is 0 Å². The predicted molar refractivity (Wildman–Crippen MR) is 90.2 cm³/mol. The van der Waals surface area contributed by atoms with Crippen LogP contribution in [0.15, 0.2) is 48.7 Å². The molecule has 0 aliphatic carbocycles. The highest BCUT2D eigenvalue weighted by Crippen LogP contribution is 2.41. The van der Waals surface area contributed by atoms with E-state index >= 15 is 0 Å². The van der Waals surface area contributed by atoms with Crippen LogP contribution in [0.25, 0.3) is 22.0 Å². The molecule has 0 radical (unpaired) electrons. The fraction of sp³-hybridized carbons (Fsp3) is 0.118. The normalized spacial score (nSPS) is 19.5. The molecule has 0 saturated carbocycles. The van der Waals surface area contributed by atoms with Crippen molar-refractivity contribution in [1.82, 2.24) is 15.6 Å². The molecule has 0 bridgehead atoms. The SMILES string of the molecule is CC1(N)NN(C(=O)O)c2cccc(-c3nncc4ccccc34)c21. The van der Waals surface area contributed by atoms with Gasteiger partial charge < -0.3 is 10.8 Å². The smallest absolute Gasteiger partial charge is 0.426 e. The number of rotatable bonds is 1. The number of aromatic nitrogens is 2. The lowest BCUT2D eigenvalue weighted by atomic mass is 9.92. The summed E-state index contributed by atoms with van der Waals surface area (Å²) in [4.78, 5) is 11.5. The number of carboxylic acid groups (broad SMARTS) is 1. The minimum absolute atomic E-state index is 0.500. The number of fused-ring (bicyclic) bond motifs is 2. The zero-order valence-electron chi connectivity index (χ0n) is 12.9. The summed E-state index contributed by atoms with van der Waals surface area (Å²) in [5, 5.41) is 20.7. The highest BCUT2D eigenvalue weighted by Gasteiger charge is 2.40. The summed E-state index contributed by atoms with van der Waals surface area (Å²) in [6.45, 7) is 1.73. The molecular weight excluding hydrogens is 306 g/mol. The fourth-order valence-electron chi connectivity index (χ4n) is 3.20. The molecule has 24 heavy (non-hydrogen) atoms. The lowest BCUT2D eigenvalue weighted by Gasteiger charge is -2.22. The molecule has 0 saturated heterocycles. The van der Waals surface area contributed by atoms with Crippen LogP contribution in [0.5, 0.6) is 0 Å². The third-order valence-corrected chi connectivity index (χ3v) is 4.16. The van der Waals surface area contributed by atoms with Crippen LogP contribution in [0.4, 0.5) is 10.5 Å². The Labute approximate surface area is 137 Å². The highest BCUT2D eigenvalue weighted by atomic mass is 16.4. The number of amides is 1. The minimum Gasteiger partial charge on any atom is -0.464 e.